The first-order chi connectivity index (χ1) is 6.75. The highest BCUT2D eigenvalue weighted by Crippen LogP contribution is 2.14. The number of rotatable bonds is 2. The van der Waals surface area contributed by atoms with Gasteiger partial charge in [0.25, 0.3) is 5.56 Å². The molecule has 1 heterocycles. The summed E-state index contributed by atoms with van der Waals surface area (Å²) in [6.45, 7) is 9.64. The summed E-state index contributed by atoms with van der Waals surface area (Å²) >= 11 is 0. The average molecular weight is 208 g/mol. The third kappa shape index (κ3) is 2.29. The van der Waals surface area contributed by atoms with Gasteiger partial charge in [0.1, 0.15) is 0 Å². The second kappa shape index (κ2) is 3.81. The van der Waals surface area contributed by atoms with E-state index in [9.17, 15) is 4.79 Å². The molecule has 0 fully saturated rings. The molecule has 0 aliphatic heterocycles. The molecule has 0 radical (unpaired) electrons. The Morgan fingerprint density at radius 3 is 2.27 bits per heavy atom. The maximum absolute atomic E-state index is 12.2. The Kier molecular flexibility index (Phi) is 3.05. The number of pyridine rings is 1. The van der Waals surface area contributed by atoms with E-state index in [1.165, 1.54) is 0 Å². The Morgan fingerprint density at radius 2 is 1.87 bits per heavy atom. The van der Waals surface area contributed by atoms with Crippen LogP contribution in [0.2, 0.25) is 0 Å². The largest absolute Gasteiger partial charge is 0.322 e. The van der Waals surface area contributed by atoms with Gasteiger partial charge in [-0.15, -0.1) is 0 Å². The minimum Gasteiger partial charge on any atom is -0.322 e. The molecule has 3 heteroatoms. The fourth-order valence-electron chi connectivity index (χ4n) is 1.78. The summed E-state index contributed by atoms with van der Waals surface area (Å²) in [5.74, 6) is 0. The van der Waals surface area contributed by atoms with Crippen LogP contribution < -0.4 is 11.3 Å². The predicted octanol–water partition coefficient (Wildman–Crippen LogP) is 1.93. The topological polar surface area (TPSA) is 48.0 Å². The highest BCUT2D eigenvalue weighted by atomic mass is 16.1. The van der Waals surface area contributed by atoms with E-state index in [-0.39, 0.29) is 11.6 Å². The molecule has 0 amide bonds. The summed E-state index contributed by atoms with van der Waals surface area (Å²) in [4.78, 5) is 12.2. The van der Waals surface area contributed by atoms with Crippen molar-refractivity contribution < 1.29 is 0 Å². The predicted molar refractivity (Wildman–Crippen MR) is 63.0 cm³/mol. The molecule has 0 saturated carbocycles. The van der Waals surface area contributed by atoms with Gasteiger partial charge in [-0.2, -0.15) is 0 Å². The molecular formula is C12H20N2O. The van der Waals surface area contributed by atoms with Crippen molar-refractivity contribution in [1.82, 2.24) is 4.57 Å². The summed E-state index contributed by atoms with van der Waals surface area (Å²) in [6.07, 6.45) is 0. The maximum Gasteiger partial charge on any atom is 0.256 e. The summed E-state index contributed by atoms with van der Waals surface area (Å²) in [7, 11) is 0. The van der Waals surface area contributed by atoms with Crippen LogP contribution in [-0.4, -0.2) is 4.57 Å². The summed E-state index contributed by atoms with van der Waals surface area (Å²) < 4.78 is 1.78. The molecule has 15 heavy (non-hydrogen) atoms. The lowest BCUT2D eigenvalue weighted by atomic mass is 9.96. The van der Waals surface area contributed by atoms with E-state index in [0.29, 0.717) is 5.56 Å². The van der Waals surface area contributed by atoms with Gasteiger partial charge in [0.2, 0.25) is 0 Å². The van der Waals surface area contributed by atoms with Crippen LogP contribution in [0.4, 0.5) is 0 Å². The fraction of sp³-hybridized carbons (Fsp3) is 0.583. The monoisotopic (exact) mass is 208 g/mol. The molecule has 0 bridgehead atoms. The average Bonchev–Trinajstić information content (AvgIpc) is 2.00. The molecule has 0 aliphatic carbocycles. The van der Waals surface area contributed by atoms with Crippen molar-refractivity contribution in [2.45, 2.75) is 46.2 Å². The Morgan fingerprint density at radius 1 is 1.33 bits per heavy atom. The standard InChI is InChI=1S/C12H20N2O/c1-8(2)14-9(3)6-7-10(11(14)15)12(4,5)13/h6-8H,13H2,1-5H3. The molecular weight excluding hydrogens is 188 g/mol. The van der Waals surface area contributed by atoms with Gasteiger partial charge in [-0.3, -0.25) is 4.79 Å². The summed E-state index contributed by atoms with van der Waals surface area (Å²) in [6, 6.07) is 3.95. The van der Waals surface area contributed by atoms with E-state index >= 15 is 0 Å². The van der Waals surface area contributed by atoms with Gasteiger partial charge in [-0.05, 0) is 46.8 Å². The molecule has 0 unspecified atom stereocenters. The van der Waals surface area contributed by atoms with E-state index in [0.717, 1.165) is 5.69 Å². The zero-order valence-electron chi connectivity index (χ0n) is 10.2. The smallest absolute Gasteiger partial charge is 0.256 e. The minimum absolute atomic E-state index is 0.0255. The van der Waals surface area contributed by atoms with Crippen LogP contribution in [0.1, 0.15) is 45.0 Å². The SMILES string of the molecule is Cc1ccc(C(C)(C)N)c(=O)n1C(C)C. The first-order valence-electron chi connectivity index (χ1n) is 5.26. The van der Waals surface area contributed by atoms with Crippen LogP contribution in [0.5, 0.6) is 0 Å². The molecule has 0 aliphatic rings. The molecule has 0 aromatic carbocycles. The Labute approximate surface area is 90.9 Å². The van der Waals surface area contributed by atoms with Gasteiger partial charge in [0.05, 0.1) is 0 Å². The highest BCUT2D eigenvalue weighted by Gasteiger charge is 2.20. The van der Waals surface area contributed by atoms with Crippen molar-refractivity contribution in [1.29, 1.82) is 0 Å². The van der Waals surface area contributed by atoms with Crippen LogP contribution in [0.3, 0.4) is 0 Å². The van der Waals surface area contributed by atoms with Crippen molar-refractivity contribution >= 4 is 0 Å². The van der Waals surface area contributed by atoms with Gasteiger partial charge in [-0.1, -0.05) is 0 Å². The molecule has 0 spiro atoms. The van der Waals surface area contributed by atoms with Crippen molar-refractivity contribution in [2.75, 3.05) is 0 Å². The van der Waals surface area contributed by atoms with Gasteiger partial charge >= 0.3 is 0 Å². The number of hydrogen-bond donors (Lipinski definition) is 1. The Hall–Kier alpha value is -1.09. The van der Waals surface area contributed by atoms with Crippen molar-refractivity contribution in [2.24, 2.45) is 5.73 Å². The molecule has 0 atom stereocenters. The van der Waals surface area contributed by atoms with E-state index < -0.39 is 5.54 Å². The number of aryl methyl sites for hydroxylation is 1. The minimum atomic E-state index is -0.582. The Bertz CT molecular complexity index is 411. The van der Waals surface area contributed by atoms with Crippen LogP contribution in [0.25, 0.3) is 0 Å². The molecule has 0 saturated heterocycles. The number of hydrogen-bond acceptors (Lipinski definition) is 2. The number of nitrogens with zero attached hydrogens (tertiary/aromatic N) is 1. The quantitative estimate of drug-likeness (QED) is 0.807. The van der Waals surface area contributed by atoms with Crippen LogP contribution in [-0.2, 0) is 5.54 Å². The van der Waals surface area contributed by atoms with Gasteiger partial charge < -0.3 is 10.3 Å². The number of aromatic nitrogens is 1. The number of nitrogens with two attached hydrogens (primary N) is 1. The van der Waals surface area contributed by atoms with Crippen molar-refractivity contribution in [3.05, 3.63) is 33.7 Å². The lowest BCUT2D eigenvalue weighted by molar-refractivity contribution is 0.508. The summed E-state index contributed by atoms with van der Waals surface area (Å²) in [5.41, 5.74) is 7.05. The van der Waals surface area contributed by atoms with E-state index in [2.05, 4.69) is 0 Å². The van der Waals surface area contributed by atoms with E-state index in [1.54, 1.807) is 4.57 Å². The third-order valence-electron chi connectivity index (χ3n) is 2.53. The van der Waals surface area contributed by atoms with E-state index in [1.807, 2.05) is 46.8 Å². The molecule has 84 valence electrons. The highest BCUT2D eigenvalue weighted by molar-refractivity contribution is 5.22. The summed E-state index contributed by atoms with van der Waals surface area (Å²) in [5, 5.41) is 0. The molecule has 1 aromatic rings. The molecule has 1 aromatic heterocycles. The molecule has 2 N–H and O–H groups in total. The van der Waals surface area contributed by atoms with Crippen LogP contribution >= 0.6 is 0 Å². The maximum atomic E-state index is 12.2. The second-order valence-corrected chi connectivity index (χ2v) is 4.88. The van der Waals surface area contributed by atoms with Gasteiger partial charge in [0.15, 0.2) is 0 Å². The molecule has 1 rings (SSSR count). The van der Waals surface area contributed by atoms with E-state index in [4.69, 9.17) is 5.73 Å². The zero-order valence-corrected chi connectivity index (χ0v) is 10.2. The van der Waals surface area contributed by atoms with Crippen molar-refractivity contribution in [3.63, 3.8) is 0 Å². The lowest BCUT2D eigenvalue weighted by Gasteiger charge is -2.22. The normalized spacial score (nSPS) is 12.2. The van der Waals surface area contributed by atoms with Crippen LogP contribution in [0, 0.1) is 6.92 Å². The Balaban J connectivity index is 3.50. The van der Waals surface area contributed by atoms with Crippen molar-refractivity contribution in [3.8, 4) is 0 Å². The van der Waals surface area contributed by atoms with Gasteiger partial charge in [-0.25, -0.2) is 0 Å². The first kappa shape index (κ1) is 12.0. The molecule has 3 nitrogen and oxygen atoms in total. The lowest BCUT2D eigenvalue weighted by Crippen LogP contribution is -2.39. The first-order valence-corrected chi connectivity index (χ1v) is 5.26. The fourth-order valence-corrected chi connectivity index (χ4v) is 1.78. The zero-order chi connectivity index (χ0) is 11.8. The third-order valence-corrected chi connectivity index (χ3v) is 2.53. The second-order valence-electron chi connectivity index (χ2n) is 4.88. The van der Waals surface area contributed by atoms with Crippen LogP contribution in [0.15, 0.2) is 16.9 Å². The van der Waals surface area contributed by atoms with Gasteiger partial charge in [0, 0.05) is 22.8 Å².